The first-order valence-corrected chi connectivity index (χ1v) is 7.71. The quantitative estimate of drug-likeness (QED) is 0.892. The molecule has 2 aliphatic rings. The Morgan fingerprint density at radius 2 is 2.09 bits per heavy atom. The monoisotopic (exact) mass is 324 g/mol. The van der Waals surface area contributed by atoms with Crippen LogP contribution in [-0.4, -0.2) is 35.0 Å². The predicted molar refractivity (Wildman–Crippen MR) is 78.8 cm³/mol. The summed E-state index contributed by atoms with van der Waals surface area (Å²) in [6, 6.07) is 2.76. The van der Waals surface area contributed by atoms with E-state index in [1.54, 1.807) is 0 Å². The van der Waals surface area contributed by atoms with Crippen molar-refractivity contribution in [1.82, 2.24) is 5.32 Å². The van der Waals surface area contributed by atoms with Gasteiger partial charge in [0.25, 0.3) is 5.91 Å². The topological polar surface area (TPSA) is 70.9 Å². The number of amides is 1. The summed E-state index contributed by atoms with van der Waals surface area (Å²) in [5.41, 5.74) is 0.198. The van der Waals surface area contributed by atoms with Crippen molar-refractivity contribution >= 4 is 11.6 Å². The molecule has 0 saturated heterocycles. The molecule has 1 heterocycles. The van der Waals surface area contributed by atoms with E-state index in [0.29, 0.717) is 12.8 Å². The minimum Gasteiger partial charge on any atom is -0.391 e. The van der Waals surface area contributed by atoms with Crippen LogP contribution in [0, 0.1) is 11.6 Å². The SMILES string of the molecule is O=C(NC1CCCCC1O)C1CC(c2cc(F)ccc2F)=NO1. The average molecular weight is 324 g/mol. The van der Waals surface area contributed by atoms with Crippen LogP contribution < -0.4 is 5.32 Å². The molecule has 124 valence electrons. The second-order valence-electron chi connectivity index (χ2n) is 5.93. The van der Waals surface area contributed by atoms with Crippen LogP contribution in [0.25, 0.3) is 0 Å². The maximum absolute atomic E-state index is 13.7. The van der Waals surface area contributed by atoms with Gasteiger partial charge in [-0.05, 0) is 31.0 Å². The van der Waals surface area contributed by atoms with Gasteiger partial charge < -0.3 is 15.3 Å². The van der Waals surface area contributed by atoms with Crippen LogP contribution in [0.1, 0.15) is 37.7 Å². The lowest BCUT2D eigenvalue weighted by atomic mass is 9.92. The molecule has 0 spiro atoms. The van der Waals surface area contributed by atoms with Crippen molar-refractivity contribution in [2.45, 2.75) is 50.4 Å². The highest BCUT2D eigenvalue weighted by Crippen LogP contribution is 2.22. The van der Waals surface area contributed by atoms with E-state index < -0.39 is 29.7 Å². The van der Waals surface area contributed by atoms with E-state index in [2.05, 4.69) is 10.5 Å². The number of carbonyl (C=O) groups is 1. The lowest BCUT2D eigenvalue weighted by Gasteiger charge is -2.28. The molecular weight excluding hydrogens is 306 g/mol. The number of halogens is 2. The van der Waals surface area contributed by atoms with Gasteiger partial charge in [-0.2, -0.15) is 0 Å². The van der Waals surface area contributed by atoms with Crippen LogP contribution in [0.3, 0.4) is 0 Å². The molecule has 2 N–H and O–H groups in total. The van der Waals surface area contributed by atoms with Crippen LogP contribution >= 0.6 is 0 Å². The maximum Gasteiger partial charge on any atom is 0.264 e. The fourth-order valence-electron chi connectivity index (χ4n) is 2.95. The van der Waals surface area contributed by atoms with Crippen LogP contribution in [0.5, 0.6) is 0 Å². The predicted octanol–water partition coefficient (Wildman–Crippen LogP) is 1.88. The largest absolute Gasteiger partial charge is 0.391 e. The molecule has 23 heavy (non-hydrogen) atoms. The molecule has 1 aliphatic heterocycles. The lowest BCUT2D eigenvalue weighted by molar-refractivity contribution is -0.133. The minimum atomic E-state index is -0.887. The van der Waals surface area contributed by atoms with E-state index in [0.717, 1.165) is 31.0 Å². The van der Waals surface area contributed by atoms with Crippen molar-refractivity contribution in [3.05, 3.63) is 35.4 Å². The highest BCUT2D eigenvalue weighted by Gasteiger charge is 2.33. The van der Waals surface area contributed by atoms with Crippen molar-refractivity contribution in [3.63, 3.8) is 0 Å². The first-order chi connectivity index (χ1) is 11.0. The number of rotatable bonds is 3. The number of oxime groups is 1. The summed E-state index contributed by atoms with van der Waals surface area (Å²) in [6.07, 6.45) is 1.88. The molecule has 1 fully saturated rings. The molecule has 1 aromatic carbocycles. The van der Waals surface area contributed by atoms with Crippen LogP contribution in [-0.2, 0) is 9.63 Å². The molecule has 0 radical (unpaired) electrons. The summed E-state index contributed by atoms with van der Waals surface area (Å²) < 4.78 is 27.0. The number of carbonyl (C=O) groups excluding carboxylic acids is 1. The molecule has 1 saturated carbocycles. The first-order valence-electron chi connectivity index (χ1n) is 7.71. The summed E-state index contributed by atoms with van der Waals surface area (Å²) >= 11 is 0. The summed E-state index contributed by atoms with van der Waals surface area (Å²) in [6.45, 7) is 0. The Morgan fingerprint density at radius 1 is 1.30 bits per heavy atom. The standard InChI is InChI=1S/C16H18F2N2O3/c17-9-5-6-11(18)10(7-9)13-8-15(23-20-13)16(22)19-12-3-1-2-4-14(12)21/h5-7,12,14-15,21H,1-4,8H2,(H,19,22). The van der Waals surface area contributed by atoms with Crippen molar-refractivity contribution in [2.24, 2.45) is 5.16 Å². The van der Waals surface area contributed by atoms with Gasteiger partial charge >= 0.3 is 0 Å². The number of hydrogen-bond acceptors (Lipinski definition) is 4. The first kappa shape index (κ1) is 15.9. The van der Waals surface area contributed by atoms with Gasteiger partial charge in [-0.15, -0.1) is 0 Å². The van der Waals surface area contributed by atoms with Crippen LogP contribution in [0.2, 0.25) is 0 Å². The zero-order valence-corrected chi connectivity index (χ0v) is 12.5. The molecule has 0 bridgehead atoms. The highest BCUT2D eigenvalue weighted by atomic mass is 19.1. The fourth-order valence-corrected chi connectivity index (χ4v) is 2.95. The van der Waals surface area contributed by atoms with Crippen molar-refractivity contribution in [3.8, 4) is 0 Å². The molecule has 3 unspecified atom stereocenters. The Balaban J connectivity index is 1.62. The molecule has 3 atom stereocenters. The smallest absolute Gasteiger partial charge is 0.264 e. The van der Waals surface area contributed by atoms with Gasteiger partial charge in [0.05, 0.1) is 17.9 Å². The lowest BCUT2D eigenvalue weighted by Crippen LogP contribution is -2.48. The Hall–Kier alpha value is -2.02. The summed E-state index contributed by atoms with van der Waals surface area (Å²) in [4.78, 5) is 17.3. The molecule has 3 rings (SSSR count). The third-order valence-electron chi connectivity index (χ3n) is 4.26. The maximum atomic E-state index is 13.7. The molecule has 1 amide bonds. The normalized spacial score (nSPS) is 27.3. The van der Waals surface area contributed by atoms with Gasteiger partial charge in [-0.3, -0.25) is 4.79 Å². The second-order valence-corrected chi connectivity index (χ2v) is 5.93. The number of aliphatic hydroxyl groups excluding tert-OH is 1. The van der Waals surface area contributed by atoms with Crippen molar-refractivity contribution in [2.75, 3.05) is 0 Å². The van der Waals surface area contributed by atoms with E-state index >= 15 is 0 Å². The van der Waals surface area contributed by atoms with Gasteiger partial charge in [0, 0.05) is 12.0 Å². The highest BCUT2D eigenvalue weighted by molar-refractivity contribution is 6.04. The third kappa shape index (κ3) is 3.50. The van der Waals surface area contributed by atoms with Gasteiger partial charge in [0.15, 0.2) is 0 Å². The molecular formula is C16H18F2N2O3. The van der Waals surface area contributed by atoms with E-state index in [1.807, 2.05) is 0 Å². The molecule has 1 aromatic rings. The number of benzene rings is 1. The molecule has 5 nitrogen and oxygen atoms in total. The number of nitrogens with one attached hydrogen (secondary N) is 1. The zero-order valence-electron chi connectivity index (χ0n) is 12.5. The number of aliphatic hydroxyl groups is 1. The molecule has 7 heteroatoms. The number of nitrogens with zero attached hydrogens (tertiary/aromatic N) is 1. The van der Waals surface area contributed by atoms with E-state index in [-0.39, 0.29) is 23.7 Å². The van der Waals surface area contributed by atoms with E-state index in [9.17, 15) is 18.7 Å². The van der Waals surface area contributed by atoms with Gasteiger partial charge in [-0.1, -0.05) is 18.0 Å². The Kier molecular flexibility index (Phi) is 4.56. The third-order valence-corrected chi connectivity index (χ3v) is 4.26. The second kappa shape index (κ2) is 6.62. The van der Waals surface area contributed by atoms with Gasteiger partial charge in [0.1, 0.15) is 11.6 Å². The fraction of sp³-hybridized carbons (Fsp3) is 0.500. The van der Waals surface area contributed by atoms with Gasteiger partial charge in [-0.25, -0.2) is 8.78 Å². The minimum absolute atomic E-state index is 0.00185. The van der Waals surface area contributed by atoms with Crippen LogP contribution in [0.15, 0.2) is 23.4 Å². The molecule has 0 aromatic heterocycles. The Morgan fingerprint density at radius 3 is 2.87 bits per heavy atom. The summed E-state index contributed by atoms with van der Waals surface area (Å²) in [5.74, 6) is -1.59. The Bertz CT molecular complexity index is 636. The number of hydrogen-bond donors (Lipinski definition) is 2. The van der Waals surface area contributed by atoms with E-state index in [4.69, 9.17) is 4.84 Å². The van der Waals surface area contributed by atoms with Crippen molar-refractivity contribution < 1.29 is 23.5 Å². The Labute approximate surface area is 132 Å². The zero-order chi connectivity index (χ0) is 16.4. The summed E-state index contributed by atoms with van der Waals surface area (Å²) in [5, 5.41) is 16.3. The summed E-state index contributed by atoms with van der Waals surface area (Å²) in [7, 11) is 0. The molecule has 1 aliphatic carbocycles. The van der Waals surface area contributed by atoms with Crippen molar-refractivity contribution in [1.29, 1.82) is 0 Å². The average Bonchev–Trinajstić information content (AvgIpc) is 3.02. The van der Waals surface area contributed by atoms with Crippen LogP contribution in [0.4, 0.5) is 8.78 Å². The van der Waals surface area contributed by atoms with E-state index in [1.165, 1.54) is 0 Å². The van der Waals surface area contributed by atoms with Gasteiger partial charge in [0.2, 0.25) is 6.10 Å².